The van der Waals surface area contributed by atoms with Gasteiger partial charge in [-0.2, -0.15) is 0 Å². The molecule has 0 heteroatoms. The molecule has 4 aliphatic rings. The van der Waals surface area contributed by atoms with E-state index in [1.54, 1.807) is 51.4 Å². The molecular weight excluding hydrogens is 348 g/mol. The van der Waals surface area contributed by atoms with Gasteiger partial charge in [0, 0.05) is 0 Å². The third-order valence-electron chi connectivity index (χ3n) is 11.8. The molecule has 29 heavy (non-hydrogen) atoms. The summed E-state index contributed by atoms with van der Waals surface area (Å²) in [6.45, 7) is 15.4. The molecule has 0 spiro atoms. The Morgan fingerprint density at radius 1 is 0.759 bits per heavy atom. The maximum absolute atomic E-state index is 2.76. The van der Waals surface area contributed by atoms with Gasteiger partial charge in [0.05, 0.1) is 0 Å². The van der Waals surface area contributed by atoms with E-state index >= 15 is 0 Å². The van der Waals surface area contributed by atoms with Gasteiger partial charge in [0.25, 0.3) is 0 Å². The summed E-state index contributed by atoms with van der Waals surface area (Å²) >= 11 is 0. The Labute approximate surface area is 183 Å². The third kappa shape index (κ3) is 3.75. The van der Waals surface area contributed by atoms with Crippen molar-refractivity contribution in [2.45, 2.75) is 125 Å². The van der Waals surface area contributed by atoms with Crippen molar-refractivity contribution >= 4 is 0 Å². The predicted molar refractivity (Wildman–Crippen MR) is 127 cm³/mol. The molecule has 0 aliphatic heterocycles. The smallest absolute Gasteiger partial charge is 0.0264 e. The molecule has 9 atom stereocenters. The number of rotatable bonds is 6. The van der Waals surface area contributed by atoms with Crippen molar-refractivity contribution in [2.24, 2.45) is 58.2 Å². The summed E-state index contributed by atoms with van der Waals surface area (Å²) in [4.78, 5) is 0. The molecule has 4 rings (SSSR count). The van der Waals surface area contributed by atoms with Gasteiger partial charge in [-0.05, 0) is 116 Å². The Kier molecular flexibility index (Phi) is 6.51. The second kappa shape index (κ2) is 8.50. The van der Waals surface area contributed by atoms with Gasteiger partial charge in [0.2, 0.25) is 0 Å². The lowest BCUT2D eigenvalue weighted by Gasteiger charge is -2.61. The second-order valence-electron chi connectivity index (χ2n) is 13.1. The van der Waals surface area contributed by atoms with Crippen LogP contribution >= 0.6 is 0 Å². The van der Waals surface area contributed by atoms with Crippen LogP contribution in [0.2, 0.25) is 0 Å². The highest BCUT2D eigenvalue weighted by molar-refractivity contribution is 5.09. The summed E-state index contributed by atoms with van der Waals surface area (Å²) in [5.41, 5.74) is 1.37. The van der Waals surface area contributed by atoms with Gasteiger partial charge in [-0.25, -0.2) is 0 Å². The van der Waals surface area contributed by atoms with Crippen LogP contribution in [0.1, 0.15) is 125 Å². The third-order valence-corrected chi connectivity index (χ3v) is 11.8. The van der Waals surface area contributed by atoms with Crippen LogP contribution in [-0.4, -0.2) is 0 Å². The van der Waals surface area contributed by atoms with E-state index < -0.39 is 0 Å². The maximum Gasteiger partial charge on any atom is -0.0264 e. The summed E-state index contributed by atoms with van der Waals surface area (Å²) in [7, 11) is 0. The summed E-state index contributed by atoms with van der Waals surface area (Å²) in [6.07, 6.45) is 19.8. The minimum Gasteiger partial charge on any atom is -0.0651 e. The van der Waals surface area contributed by atoms with Crippen LogP contribution in [0.3, 0.4) is 0 Å². The fourth-order valence-electron chi connectivity index (χ4n) is 9.96. The first-order valence-corrected chi connectivity index (χ1v) is 13.8. The minimum absolute atomic E-state index is 0.665. The Morgan fingerprint density at radius 3 is 2.24 bits per heavy atom. The van der Waals surface area contributed by atoms with Gasteiger partial charge in [-0.15, -0.1) is 0 Å². The van der Waals surface area contributed by atoms with Gasteiger partial charge in [-0.1, -0.05) is 67.2 Å². The maximum atomic E-state index is 2.76. The van der Waals surface area contributed by atoms with Crippen molar-refractivity contribution in [3.05, 3.63) is 0 Å². The highest BCUT2D eigenvalue weighted by Crippen LogP contribution is 2.68. The molecule has 0 aromatic rings. The molecule has 4 fully saturated rings. The molecule has 168 valence electrons. The zero-order chi connectivity index (χ0) is 20.8. The summed E-state index contributed by atoms with van der Waals surface area (Å²) in [6, 6.07) is 0. The molecule has 0 saturated heterocycles. The van der Waals surface area contributed by atoms with E-state index in [0.717, 1.165) is 47.3 Å². The largest absolute Gasteiger partial charge is 0.0651 e. The lowest BCUT2D eigenvalue weighted by Crippen LogP contribution is -2.53. The predicted octanol–water partition coefficient (Wildman–Crippen LogP) is 9.13. The van der Waals surface area contributed by atoms with Crippen LogP contribution in [0.25, 0.3) is 0 Å². The molecule has 4 saturated carbocycles. The second-order valence-corrected chi connectivity index (χ2v) is 13.1. The first-order valence-electron chi connectivity index (χ1n) is 13.8. The average molecular weight is 401 g/mol. The molecule has 0 nitrogen and oxygen atoms in total. The van der Waals surface area contributed by atoms with E-state index in [-0.39, 0.29) is 0 Å². The van der Waals surface area contributed by atoms with Gasteiger partial charge < -0.3 is 0 Å². The first kappa shape index (κ1) is 22.2. The lowest BCUT2D eigenvalue weighted by molar-refractivity contribution is -0.114. The lowest BCUT2D eigenvalue weighted by atomic mass is 9.44. The van der Waals surface area contributed by atoms with Crippen molar-refractivity contribution in [3.8, 4) is 0 Å². The van der Waals surface area contributed by atoms with Crippen molar-refractivity contribution < 1.29 is 0 Å². The Bertz CT molecular complexity index is 548. The molecule has 0 amide bonds. The minimum atomic E-state index is 0.665. The Morgan fingerprint density at radius 2 is 1.52 bits per heavy atom. The van der Waals surface area contributed by atoms with Crippen LogP contribution in [0.4, 0.5) is 0 Å². The average Bonchev–Trinajstić information content (AvgIpc) is 3.05. The molecule has 4 aliphatic carbocycles. The van der Waals surface area contributed by atoms with Gasteiger partial charge in [-0.3, -0.25) is 0 Å². The molecule has 0 bridgehead atoms. The Balaban J connectivity index is 1.45. The molecule has 0 N–H and O–H groups in total. The SMILES string of the molecule is CCC(CC[C@H](C)[C@@H]1CC[C@@H]2[C@H]3CC[C@H]4CCCC[C@]4(C)[C@@H]3CC[C@@]21C)C(C)C. The van der Waals surface area contributed by atoms with Crippen molar-refractivity contribution in [1.29, 1.82) is 0 Å². The van der Waals surface area contributed by atoms with E-state index in [1.165, 1.54) is 32.1 Å². The number of hydrogen-bond acceptors (Lipinski definition) is 0. The Hall–Kier alpha value is 0. The molecular formula is C29H52. The fourth-order valence-corrected chi connectivity index (χ4v) is 9.96. The van der Waals surface area contributed by atoms with Crippen LogP contribution in [0, 0.1) is 58.2 Å². The van der Waals surface area contributed by atoms with E-state index in [0.29, 0.717) is 10.8 Å². The molecule has 1 unspecified atom stereocenters. The van der Waals surface area contributed by atoms with Gasteiger partial charge >= 0.3 is 0 Å². The number of fused-ring (bicyclic) bond motifs is 5. The van der Waals surface area contributed by atoms with Crippen LogP contribution in [-0.2, 0) is 0 Å². The van der Waals surface area contributed by atoms with E-state index in [1.807, 2.05) is 0 Å². The summed E-state index contributed by atoms with van der Waals surface area (Å²) in [5.74, 6) is 8.02. The van der Waals surface area contributed by atoms with E-state index in [9.17, 15) is 0 Å². The van der Waals surface area contributed by atoms with Crippen molar-refractivity contribution in [3.63, 3.8) is 0 Å². The first-order chi connectivity index (χ1) is 13.8. The fraction of sp³-hybridized carbons (Fsp3) is 1.00. The zero-order valence-electron chi connectivity index (χ0n) is 20.8. The van der Waals surface area contributed by atoms with Gasteiger partial charge in [0.15, 0.2) is 0 Å². The normalized spacial score (nSPS) is 46.7. The molecule has 0 aromatic heterocycles. The van der Waals surface area contributed by atoms with Crippen molar-refractivity contribution in [1.82, 2.24) is 0 Å². The monoisotopic (exact) mass is 400 g/mol. The van der Waals surface area contributed by atoms with Gasteiger partial charge in [0.1, 0.15) is 0 Å². The van der Waals surface area contributed by atoms with E-state index in [2.05, 4.69) is 41.5 Å². The molecule has 0 aromatic carbocycles. The standard InChI is InChI=1S/C29H52/c1-7-22(20(2)3)12-11-21(4)25-15-16-26-24-14-13-23-10-8-9-18-28(23,5)27(24)17-19-29(25,26)6/h20-27H,7-19H2,1-6H3/t21-,22?,23+,24+,25-,26+,27+,28-,29+/m0/s1. The quantitative estimate of drug-likeness (QED) is 0.417. The molecule has 0 radical (unpaired) electrons. The highest BCUT2D eigenvalue weighted by Gasteiger charge is 2.60. The number of hydrogen-bond donors (Lipinski definition) is 0. The van der Waals surface area contributed by atoms with Crippen LogP contribution in [0.5, 0.6) is 0 Å². The topological polar surface area (TPSA) is 0 Å². The highest BCUT2D eigenvalue weighted by atomic mass is 14.6. The van der Waals surface area contributed by atoms with Crippen LogP contribution in [0.15, 0.2) is 0 Å². The zero-order valence-corrected chi connectivity index (χ0v) is 20.8. The molecule has 0 heterocycles. The van der Waals surface area contributed by atoms with Crippen LogP contribution < -0.4 is 0 Å². The summed E-state index contributed by atoms with van der Waals surface area (Å²) in [5, 5.41) is 0. The van der Waals surface area contributed by atoms with E-state index in [4.69, 9.17) is 0 Å². The van der Waals surface area contributed by atoms with Crippen molar-refractivity contribution in [2.75, 3.05) is 0 Å². The summed E-state index contributed by atoms with van der Waals surface area (Å²) < 4.78 is 0.